The number of nitrogens with zero attached hydrogens (tertiary/aromatic N) is 2. The number of rotatable bonds is 2. The van der Waals surface area contributed by atoms with E-state index in [1.807, 2.05) is 13.8 Å². The van der Waals surface area contributed by atoms with Crippen LogP contribution in [0.2, 0.25) is 0 Å². The van der Waals surface area contributed by atoms with E-state index in [0.717, 1.165) is 4.90 Å². The van der Waals surface area contributed by atoms with Crippen molar-refractivity contribution in [3.63, 3.8) is 0 Å². The monoisotopic (exact) mass is 185 g/mol. The molecule has 2 N–H and O–H groups in total. The number of carbonyl (C=O) groups is 2. The van der Waals surface area contributed by atoms with Crippen molar-refractivity contribution in [3.8, 4) is 0 Å². The first kappa shape index (κ1) is 9.98. The van der Waals surface area contributed by atoms with Crippen molar-refractivity contribution in [2.45, 2.75) is 19.4 Å². The fraction of sp³-hybridized carbons (Fsp3) is 0.750. The van der Waals surface area contributed by atoms with E-state index in [4.69, 9.17) is 5.73 Å². The Bertz CT molecular complexity index is 244. The lowest BCUT2D eigenvalue weighted by Gasteiger charge is -2.24. The summed E-state index contributed by atoms with van der Waals surface area (Å²) >= 11 is 0. The Balaban J connectivity index is 2.65. The van der Waals surface area contributed by atoms with E-state index in [9.17, 15) is 9.59 Å². The number of amides is 3. The zero-order chi connectivity index (χ0) is 10.2. The van der Waals surface area contributed by atoms with E-state index >= 15 is 0 Å². The van der Waals surface area contributed by atoms with E-state index in [2.05, 4.69) is 0 Å². The predicted molar refractivity (Wildman–Crippen MR) is 48.0 cm³/mol. The minimum atomic E-state index is -0.457. The molecular formula is C8H15N3O2. The van der Waals surface area contributed by atoms with Gasteiger partial charge in [-0.2, -0.15) is 0 Å². The second-order valence-electron chi connectivity index (χ2n) is 4.08. The number of imide groups is 1. The van der Waals surface area contributed by atoms with Gasteiger partial charge >= 0.3 is 6.03 Å². The van der Waals surface area contributed by atoms with Gasteiger partial charge in [-0.05, 0) is 13.8 Å². The number of hydrogen-bond donors (Lipinski definition) is 1. The first-order valence-electron chi connectivity index (χ1n) is 4.15. The molecule has 1 saturated heterocycles. The molecule has 0 unspecified atom stereocenters. The van der Waals surface area contributed by atoms with Crippen molar-refractivity contribution in [1.82, 2.24) is 9.80 Å². The minimum Gasteiger partial charge on any atom is -0.324 e. The quantitative estimate of drug-likeness (QED) is 0.596. The van der Waals surface area contributed by atoms with Crippen molar-refractivity contribution in [2.75, 3.05) is 20.1 Å². The number of carbonyl (C=O) groups excluding carboxylic acids is 2. The van der Waals surface area contributed by atoms with Crippen molar-refractivity contribution in [3.05, 3.63) is 0 Å². The Morgan fingerprint density at radius 3 is 2.31 bits per heavy atom. The average Bonchev–Trinajstić information content (AvgIpc) is 2.15. The second kappa shape index (κ2) is 2.99. The molecule has 0 saturated carbocycles. The fourth-order valence-electron chi connectivity index (χ4n) is 1.27. The van der Waals surface area contributed by atoms with E-state index in [-0.39, 0.29) is 18.5 Å². The summed E-state index contributed by atoms with van der Waals surface area (Å²) in [5, 5.41) is 0. The maximum absolute atomic E-state index is 11.4. The molecular weight excluding hydrogens is 170 g/mol. The summed E-state index contributed by atoms with van der Waals surface area (Å²) in [4.78, 5) is 25.0. The molecule has 0 radical (unpaired) electrons. The van der Waals surface area contributed by atoms with Crippen molar-refractivity contribution >= 4 is 11.9 Å². The van der Waals surface area contributed by atoms with Crippen molar-refractivity contribution in [1.29, 1.82) is 0 Å². The molecule has 1 aliphatic rings. The Morgan fingerprint density at radius 2 is 2.00 bits per heavy atom. The van der Waals surface area contributed by atoms with Gasteiger partial charge in [0.2, 0.25) is 5.91 Å². The Kier molecular flexibility index (Phi) is 2.30. The molecule has 1 fully saturated rings. The highest BCUT2D eigenvalue weighted by atomic mass is 16.2. The van der Waals surface area contributed by atoms with Gasteiger partial charge in [-0.1, -0.05) is 0 Å². The topological polar surface area (TPSA) is 66.6 Å². The lowest BCUT2D eigenvalue weighted by Crippen LogP contribution is -2.46. The largest absolute Gasteiger partial charge is 0.327 e. The van der Waals surface area contributed by atoms with Crippen LogP contribution in [-0.4, -0.2) is 47.4 Å². The molecule has 0 aromatic rings. The Morgan fingerprint density at radius 1 is 1.46 bits per heavy atom. The summed E-state index contributed by atoms with van der Waals surface area (Å²) in [7, 11) is 1.48. The van der Waals surface area contributed by atoms with E-state index in [1.54, 1.807) is 0 Å². The molecule has 74 valence electrons. The summed E-state index contributed by atoms with van der Waals surface area (Å²) in [6.07, 6.45) is 0. The normalized spacial score (nSPS) is 18.8. The van der Waals surface area contributed by atoms with Gasteiger partial charge in [0.15, 0.2) is 0 Å². The summed E-state index contributed by atoms with van der Waals surface area (Å²) in [5.74, 6) is -0.172. The van der Waals surface area contributed by atoms with Crippen LogP contribution >= 0.6 is 0 Å². The molecule has 5 heteroatoms. The van der Waals surface area contributed by atoms with E-state index < -0.39 is 5.54 Å². The van der Waals surface area contributed by atoms with Crippen molar-refractivity contribution < 1.29 is 9.59 Å². The Labute approximate surface area is 77.5 Å². The zero-order valence-corrected chi connectivity index (χ0v) is 8.20. The zero-order valence-electron chi connectivity index (χ0n) is 8.20. The maximum Gasteiger partial charge on any atom is 0.327 e. The van der Waals surface area contributed by atoms with Gasteiger partial charge < -0.3 is 10.6 Å². The van der Waals surface area contributed by atoms with Crippen LogP contribution in [0.15, 0.2) is 0 Å². The van der Waals surface area contributed by atoms with Crippen LogP contribution in [-0.2, 0) is 4.79 Å². The van der Waals surface area contributed by atoms with Crippen molar-refractivity contribution in [2.24, 2.45) is 5.73 Å². The van der Waals surface area contributed by atoms with Gasteiger partial charge in [0.25, 0.3) is 0 Å². The summed E-state index contributed by atoms with van der Waals surface area (Å²) < 4.78 is 0. The number of nitrogens with two attached hydrogens (primary N) is 1. The van der Waals surface area contributed by atoms with E-state index in [0.29, 0.717) is 6.54 Å². The molecule has 1 heterocycles. The number of urea groups is 1. The van der Waals surface area contributed by atoms with Crippen LogP contribution < -0.4 is 5.73 Å². The highest BCUT2D eigenvalue weighted by molar-refractivity contribution is 6.01. The van der Waals surface area contributed by atoms with Crippen LogP contribution in [0.4, 0.5) is 4.79 Å². The standard InChI is InChI=1S/C8H15N3O2/c1-8(2,9)5-11-4-6(12)10(3)7(11)13/h4-5,9H2,1-3H3. The third-order valence-electron chi connectivity index (χ3n) is 1.86. The number of hydrogen-bond acceptors (Lipinski definition) is 3. The minimum absolute atomic E-state index is 0.149. The highest BCUT2D eigenvalue weighted by Crippen LogP contribution is 2.11. The first-order chi connectivity index (χ1) is 5.81. The lowest BCUT2D eigenvalue weighted by atomic mass is 10.1. The molecule has 1 rings (SSSR count). The molecule has 0 spiro atoms. The molecule has 0 aromatic heterocycles. The molecule has 0 aliphatic carbocycles. The molecule has 0 bridgehead atoms. The third kappa shape index (κ3) is 2.18. The molecule has 0 aromatic carbocycles. The maximum atomic E-state index is 11.4. The summed E-state index contributed by atoms with van der Waals surface area (Å²) in [6.45, 7) is 4.20. The van der Waals surface area contributed by atoms with Gasteiger partial charge in [0.05, 0.1) is 0 Å². The van der Waals surface area contributed by atoms with Crippen LogP contribution in [0.25, 0.3) is 0 Å². The van der Waals surface area contributed by atoms with Gasteiger partial charge in [-0.3, -0.25) is 9.69 Å². The summed E-state index contributed by atoms with van der Waals surface area (Å²) in [6, 6.07) is -0.261. The van der Waals surface area contributed by atoms with E-state index in [1.165, 1.54) is 11.9 Å². The lowest BCUT2D eigenvalue weighted by molar-refractivity contribution is -0.124. The first-order valence-corrected chi connectivity index (χ1v) is 4.15. The molecule has 5 nitrogen and oxygen atoms in total. The van der Waals surface area contributed by atoms with Gasteiger partial charge in [0, 0.05) is 19.1 Å². The van der Waals surface area contributed by atoms with Gasteiger partial charge in [-0.25, -0.2) is 4.79 Å². The second-order valence-corrected chi connectivity index (χ2v) is 4.08. The molecule has 0 atom stereocenters. The molecule has 1 aliphatic heterocycles. The Hall–Kier alpha value is -1.10. The van der Waals surface area contributed by atoms with Gasteiger partial charge in [-0.15, -0.1) is 0 Å². The highest BCUT2D eigenvalue weighted by Gasteiger charge is 2.34. The van der Waals surface area contributed by atoms with Gasteiger partial charge in [0.1, 0.15) is 6.54 Å². The van der Waals surface area contributed by atoms with Crippen LogP contribution in [0, 0.1) is 0 Å². The van der Waals surface area contributed by atoms with Crippen LogP contribution in [0.5, 0.6) is 0 Å². The number of likely N-dealkylation sites (N-methyl/N-ethyl adjacent to an activating group) is 1. The predicted octanol–water partition coefficient (Wildman–Crippen LogP) is -0.382. The van der Waals surface area contributed by atoms with Crippen LogP contribution in [0.3, 0.4) is 0 Å². The smallest absolute Gasteiger partial charge is 0.324 e. The average molecular weight is 185 g/mol. The SMILES string of the molecule is CN1C(=O)CN(CC(C)(C)N)C1=O. The fourth-order valence-corrected chi connectivity index (χ4v) is 1.27. The van der Waals surface area contributed by atoms with Crippen LogP contribution in [0.1, 0.15) is 13.8 Å². The third-order valence-corrected chi connectivity index (χ3v) is 1.86. The molecule has 13 heavy (non-hydrogen) atoms. The molecule has 3 amide bonds. The summed E-state index contributed by atoms with van der Waals surface area (Å²) in [5.41, 5.74) is 5.29.